The van der Waals surface area contributed by atoms with Crippen molar-refractivity contribution in [3.63, 3.8) is 0 Å². The van der Waals surface area contributed by atoms with Crippen molar-refractivity contribution >= 4 is 16.9 Å². The lowest BCUT2D eigenvalue weighted by molar-refractivity contribution is -0.141. The van der Waals surface area contributed by atoms with Gasteiger partial charge in [0.2, 0.25) is 0 Å². The fraction of sp³-hybridized carbons (Fsp3) is 0.286. The van der Waals surface area contributed by atoms with Crippen LogP contribution in [0.15, 0.2) is 30.3 Å². The van der Waals surface area contributed by atoms with Gasteiger partial charge in [0.15, 0.2) is 0 Å². The quantitative estimate of drug-likeness (QED) is 0.840. The predicted molar refractivity (Wildman–Crippen MR) is 70.0 cm³/mol. The molecule has 0 bridgehead atoms. The second kappa shape index (κ2) is 5.14. The van der Waals surface area contributed by atoms with Crippen LogP contribution in [-0.2, 0) is 9.53 Å². The van der Waals surface area contributed by atoms with Gasteiger partial charge in [-0.3, -0.25) is 9.78 Å². The monoisotopic (exact) mass is 244 g/mol. The Morgan fingerprint density at radius 2 is 2.17 bits per heavy atom. The maximum absolute atomic E-state index is 11.2. The SMILES string of the molecule is COC(=O)C[C@@H](N)c1ccc2nc(C)ccc2c1. The molecule has 94 valence electrons. The number of carbonyl (C=O) groups excluding carboxylic acids is 1. The van der Waals surface area contributed by atoms with Crippen molar-refractivity contribution < 1.29 is 9.53 Å². The number of rotatable bonds is 3. The summed E-state index contributed by atoms with van der Waals surface area (Å²) in [6.07, 6.45) is 0.182. The number of aromatic nitrogens is 1. The highest BCUT2D eigenvalue weighted by Crippen LogP contribution is 2.20. The highest BCUT2D eigenvalue weighted by Gasteiger charge is 2.12. The lowest BCUT2D eigenvalue weighted by atomic mass is 10.0. The molecule has 4 nitrogen and oxygen atoms in total. The van der Waals surface area contributed by atoms with E-state index in [1.165, 1.54) is 7.11 Å². The predicted octanol–water partition coefficient (Wildman–Crippen LogP) is 2.11. The van der Waals surface area contributed by atoms with E-state index < -0.39 is 0 Å². The molecule has 2 rings (SSSR count). The van der Waals surface area contributed by atoms with Gasteiger partial charge >= 0.3 is 5.97 Å². The molecule has 0 amide bonds. The van der Waals surface area contributed by atoms with E-state index in [1.807, 2.05) is 37.3 Å². The number of aryl methyl sites for hydroxylation is 1. The second-order valence-corrected chi connectivity index (χ2v) is 4.29. The minimum absolute atomic E-state index is 0.182. The van der Waals surface area contributed by atoms with E-state index in [9.17, 15) is 4.79 Å². The number of hydrogen-bond acceptors (Lipinski definition) is 4. The Hall–Kier alpha value is -1.94. The number of methoxy groups -OCH3 is 1. The topological polar surface area (TPSA) is 65.2 Å². The van der Waals surface area contributed by atoms with Crippen LogP contribution < -0.4 is 5.73 Å². The molecule has 0 radical (unpaired) electrons. The molecule has 0 spiro atoms. The molecule has 0 saturated carbocycles. The largest absolute Gasteiger partial charge is 0.469 e. The van der Waals surface area contributed by atoms with E-state index in [4.69, 9.17) is 5.73 Å². The maximum Gasteiger partial charge on any atom is 0.307 e. The molecule has 0 unspecified atom stereocenters. The molecule has 1 aromatic heterocycles. The number of benzene rings is 1. The number of nitrogens with zero attached hydrogens (tertiary/aromatic N) is 1. The van der Waals surface area contributed by atoms with Gasteiger partial charge in [-0.15, -0.1) is 0 Å². The Balaban J connectivity index is 2.29. The van der Waals surface area contributed by atoms with Crippen LogP contribution in [0, 0.1) is 6.92 Å². The highest BCUT2D eigenvalue weighted by atomic mass is 16.5. The number of esters is 1. The maximum atomic E-state index is 11.2. The fourth-order valence-electron chi connectivity index (χ4n) is 1.86. The molecule has 0 aliphatic carbocycles. The van der Waals surface area contributed by atoms with Gasteiger partial charge in [0.05, 0.1) is 19.0 Å². The van der Waals surface area contributed by atoms with Crippen molar-refractivity contribution in [3.8, 4) is 0 Å². The van der Waals surface area contributed by atoms with Gasteiger partial charge in [-0.05, 0) is 30.7 Å². The van der Waals surface area contributed by atoms with Crippen molar-refractivity contribution in [3.05, 3.63) is 41.6 Å². The molecule has 2 N–H and O–H groups in total. The van der Waals surface area contributed by atoms with Crippen molar-refractivity contribution in [2.45, 2.75) is 19.4 Å². The highest BCUT2D eigenvalue weighted by molar-refractivity contribution is 5.80. The number of pyridine rings is 1. The van der Waals surface area contributed by atoms with Crippen LogP contribution in [0.5, 0.6) is 0 Å². The molecular weight excluding hydrogens is 228 g/mol. The summed E-state index contributed by atoms with van der Waals surface area (Å²) in [5.74, 6) is -0.301. The number of hydrogen-bond donors (Lipinski definition) is 1. The van der Waals surface area contributed by atoms with E-state index in [0.717, 1.165) is 22.2 Å². The molecule has 0 aliphatic heterocycles. The normalized spacial score (nSPS) is 12.4. The molecule has 0 saturated heterocycles. The van der Waals surface area contributed by atoms with Gasteiger partial charge in [0.25, 0.3) is 0 Å². The van der Waals surface area contributed by atoms with Crippen LogP contribution in [0.2, 0.25) is 0 Å². The molecule has 4 heteroatoms. The fourth-order valence-corrected chi connectivity index (χ4v) is 1.86. The van der Waals surface area contributed by atoms with E-state index in [2.05, 4.69) is 9.72 Å². The van der Waals surface area contributed by atoms with Crippen LogP contribution in [0.25, 0.3) is 10.9 Å². The summed E-state index contributed by atoms with van der Waals surface area (Å²) in [5.41, 5.74) is 8.80. The first-order chi connectivity index (χ1) is 8.60. The van der Waals surface area contributed by atoms with E-state index in [0.29, 0.717) is 0 Å². The zero-order valence-corrected chi connectivity index (χ0v) is 10.5. The van der Waals surface area contributed by atoms with Gasteiger partial charge in [-0.25, -0.2) is 0 Å². The standard InChI is InChI=1S/C14H16N2O2/c1-9-3-4-11-7-10(5-6-13(11)16-9)12(15)8-14(17)18-2/h3-7,12H,8,15H2,1-2H3/t12-/m1/s1. The van der Waals surface area contributed by atoms with E-state index >= 15 is 0 Å². The minimum Gasteiger partial charge on any atom is -0.469 e. The third-order valence-corrected chi connectivity index (χ3v) is 2.89. The van der Waals surface area contributed by atoms with Crippen LogP contribution in [0.3, 0.4) is 0 Å². The van der Waals surface area contributed by atoms with Gasteiger partial charge in [-0.1, -0.05) is 12.1 Å². The molecule has 18 heavy (non-hydrogen) atoms. The van der Waals surface area contributed by atoms with E-state index in [1.54, 1.807) is 0 Å². The van der Waals surface area contributed by atoms with Crippen LogP contribution >= 0.6 is 0 Å². The zero-order valence-electron chi connectivity index (χ0n) is 10.5. The van der Waals surface area contributed by atoms with Crippen molar-refractivity contribution in [2.24, 2.45) is 5.73 Å². The molecule has 2 aromatic rings. The van der Waals surface area contributed by atoms with Crippen molar-refractivity contribution in [1.82, 2.24) is 4.98 Å². The Morgan fingerprint density at radius 3 is 2.89 bits per heavy atom. The average Bonchev–Trinajstić information content (AvgIpc) is 2.37. The third kappa shape index (κ3) is 2.65. The number of fused-ring (bicyclic) bond motifs is 1. The summed E-state index contributed by atoms with van der Waals surface area (Å²) >= 11 is 0. The first-order valence-corrected chi connectivity index (χ1v) is 5.80. The smallest absolute Gasteiger partial charge is 0.307 e. The summed E-state index contributed by atoms with van der Waals surface area (Å²) in [7, 11) is 1.36. The first-order valence-electron chi connectivity index (χ1n) is 5.80. The van der Waals surface area contributed by atoms with Gasteiger partial charge < -0.3 is 10.5 Å². The summed E-state index contributed by atoms with van der Waals surface area (Å²) in [6, 6.07) is 9.42. The molecule has 1 aromatic carbocycles. The van der Waals surface area contributed by atoms with E-state index in [-0.39, 0.29) is 18.4 Å². The molecule has 1 atom stereocenters. The minimum atomic E-state index is -0.344. The van der Waals surface area contributed by atoms with Crippen LogP contribution in [0.4, 0.5) is 0 Å². The second-order valence-electron chi connectivity index (χ2n) is 4.29. The lowest BCUT2D eigenvalue weighted by Gasteiger charge is -2.11. The molecule has 1 heterocycles. The van der Waals surface area contributed by atoms with Gasteiger partial charge in [0.1, 0.15) is 0 Å². The van der Waals surface area contributed by atoms with Gasteiger partial charge in [-0.2, -0.15) is 0 Å². The number of nitrogens with two attached hydrogens (primary N) is 1. The Bertz CT molecular complexity index is 581. The van der Waals surface area contributed by atoms with Crippen molar-refractivity contribution in [1.29, 1.82) is 0 Å². The average molecular weight is 244 g/mol. The van der Waals surface area contributed by atoms with Crippen LogP contribution in [0.1, 0.15) is 23.7 Å². The van der Waals surface area contributed by atoms with Crippen molar-refractivity contribution in [2.75, 3.05) is 7.11 Å². The summed E-state index contributed by atoms with van der Waals surface area (Å²) in [6.45, 7) is 1.95. The molecular formula is C14H16N2O2. The summed E-state index contributed by atoms with van der Waals surface area (Å²) < 4.78 is 4.61. The lowest BCUT2D eigenvalue weighted by Crippen LogP contribution is -2.16. The number of carbonyl (C=O) groups is 1. The van der Waals surface area contributed by atoms with Crippen LogP contribution in [-0.4, -0.2) is 18.1 Å². The zero-order chi connectivity index (χ0) is 13.1. The molecule has 0 fully saturated rings. The Labute approximate surface area is 106 Å². The Morgan fingerprint density at radius 1 is 1.39 bits per heavy atom. The summed E-state index contributed by atoms with van der Waals surface area (Å²) in [4.78, 5) is 15.6. The third-order valence-electron chi connectivity index (χ3n) is 2.89. The Kier molecular flexibility index (Phi) is 3.58. The van der Waals surface area contributed by atoms with Gasteiger partial charge in [0, 0.05) is 17.1 Å². The summed E-state index contributed by atoms with van der Waals surface area (Å²) in [5, 5.41) is 1.03. The first kappa shape index (κ1) is 12.5. The number of ether oxygens (including phenoxy) is 1. The molecule has 0 aliphatic rings.